The van der Waals surface area contributed by atoms with Crippen molar-refractivity contribution in [2.45, 2.75) is 25.8 Å². The molecule has 4 rings (SSSR count). The number of ether oxygens (including phenoxy) is 2. The second-order valence-corrected chi connectivity index (χ2v) is 7.34. The lowest BCUT2D eigenvalue weighted by atomic mass is 10.0. The van der Waals surface area contributed by atoms with Gasteiger partial charge in [0.05, 0.1) is 19.1 Å². The molecule has 1 unspecified atom stereocenters. The highest BCUT2D eigenvalue weighted by Gasteiger charge is 2.35. The molecule has 2 heterocycles. The van der Waals surface area contributed by atoms with E-state index < -0.39 is 0 Å². The van der Waals surface area contributed by atoms with Crippen LogP contribution in [0.25, 0.3) is 0 Å². The minimum Gasteiger partial charge on any atom is -0.497 e. The van der Waals surface area contributed by atoms with Crippen LogP contribution in [-0.2, 0) is 4.79 Å². The number of rotatable bonds is 8. The highest BCUT2D eigenvalue weighted by Crippen LogP contribution is 2.33. The minimum absolute atomic E-state index is 0.0615. The average molecular weight is 432 g/mol. The molecule has 0 fully saturated rings. The number of hydrogen-bond donors (Lipinski definition) is 0. The van der Waals surface area contributed by atoms with Crippen LogP contribution < -0.4 is 9.47 Å². The number of methoxy groups -OCH3 is 1. The van der Waals surface area contributed by atoms with E-state index in [-0.39, 0.29) is 24.3 Å². The van der Waals surface area contributed by atoms with Crippen LogP contribution in [-0.4, -0.2) is 36.1 Å². The molecule has 7 nitrogen and oxygen atoms in total. The van der Waals surface area contributed by atoms with Gasteiger partial charge in [0.25, 0.3) is 5.91 Å². The number of benzene rings is 2. The summed E-state index contributed by atoms with van der Waals surface area (Å²) < 4.78 is 16.5. The molecule has 1 aliphatic heterocycles. The molecule has 0 spiro atoms. The standard InChI is InChI=1S/C25H24N2O5/c1-3-23(28)18-8-12-20(13-9-18)32-16-25(29)27-22(24-5-4-14-31-24)15-21(26-27)17-6-10-19(30-2)11-7-17/h4-14,22H,3,15-16H2,1-2H3. The van der Waals surface area contributed by atoms with Crippen LogP contribution in [0.1, 0.15) is 47.5 Å². The van der Waals surface area contributed by atoms with E-state index in [1.165, 1.54) is 5.01 Å². The average Bonchev–Trinajstić information content (AvgIpc) is 3.52. The quantitative estimate of drug-likeness (QED) is 0.485. The molecule has 0 saturated carbocycles. The summed E-state index contributed by atoms with van der Waals surface area (Å²) in [5.41, 5.74) is 2.32. The topological polar surface area (TPSA) is 81.3 Å². The molecule has 1 amide bonds. The van der Waals surface area contributed by atoms with Gasteiger partial charge in [-0.15, -0.1) is 0 Å². The first kappa shape index (κ1) is 21.4. The fourth-order valence-corrected chi connectivity index (χ4v) is 3.55. The van der Waals surface area contributed by atoms with Gasteiger partial charge in [-0.2, -0.15) is 5.10 Å². The van der Waals surface area contributed by atoms with Crippen LogP contribution in [0.4, 0.5) is 0 Å². The summed E-state index contributed by atoms with van der Waals surface area (Å²) in [4.78, 5) is 24.8. The van der Waals surface area contributed by atoms with Crippen molar-refractivity contribution in [2.75, 3.05) is 13.7 Å². The zero-order valence-corrected chi connectivity index (χ0v) is 18.0. The number of amides is 1. The molecule has 0 radical (unpaired) electrons. The molecule has 1 aromatic heterocycles. The molecule has 1 aliphatic rings. The van der Waals surface area contributed by atoms with Crippen molar-refractivity contribution < 1.29 is 23.5 Å². The van der Waals surface area contributed by atoms with Gasteiger partial charge in [0.1, 0.15) is 23.3 Å². The molecule has 3 aromatic rings. The lowest BCUT2D eigenvalue weighted by molar-refractivity contribution is -0.135. The molecule has 1 atom stereocenters. The van der Waals surface area contributed by atoms with E-state index in [2.05, 4.69) is 5.10 Å². The Morgan fingerprint density at radius 2 is 1.78 bits per heavy atom. The van der Waals surface area contributed by atoms with Crippen molar-refractivity contribution in [2.24, 2.45) is 5.10 Å². The molecule has 0 bridgehead atoms. The van der Waals surface area contributed by atoms with E-state index in [0.717, 1.165) is 17.0 Å². The van der Waals surface area contributed by atoms with E-state index in [1.54, 1.807) is 43.7 Å². The normalized spacial score (nSPS) is 15.4. The SMILES string of the molecule is CCC(=O)c1ccc(OCC(=O)N2N=C(c3ccc(OC)cc3)CC2c2ccco2)cc1. The Labute approximate surface area is 186 Å². The highest BCUT2D eigenvalue weighted by atomic mass is 16.5. The molecule has 7 heteroatoms. The maximum Gasteiger partial charge on any atom is 0.281 e. The van der Waals surface area contributed by atoms with E-state index >= 15 is 0 Å². The number of Topliss-reactive ketones (excluding diaryl/α,β-unsaturated/α-hetero) is 1. The van der Waals surface area contributed by atoms with E-state index in [9.17, 15) is 9.59 Å². The minimum atomic E-state index is -0.345. The molecule has 32 heavy (non-hydrogen) atoms. The van der Waals surface area contributed by atoms with Crippen molar-refractivity contribution >= 4 is 17.4 Å². The third kappa shape index (κ3) is 4.56. The smallest absolute Gasteiger partial charge is 0.281 e. The second kappa shape index (κ2) is 9.51. The maximum atomic E-state index is 13.0. The molecule has 0 aliphatic carbocycles. The van der Waals surface area contributed by atoms with Gasteiger partial charge in [-0.25, -0.2) is 5.01 Å². The zero-order valence-electron chi connectivity index (χ0n) is 18.0. The monoisotopic (exact) mass is 432 g/mol. The van der Waals surface area contributed by atoms with Crippen molar-refractivity contribution in [3.8, 4) is 11.5 Å². The summed E-state index contributed by atoms with van der Waals surface area (Å²) in [6.45, 7) is 1.63. The number of ketones is 1. The summed E-state index contributed by atoms with van der Waals surface area (Å²) in [5.74, 6) is 1.70. The van der Waals surface area contributed by atoms with Crippen LogP contribution in [0.2, 0.25) is 0 Å². The van der Waals surface area contributed by atoms with Gasteiger partial charge >= 0.3 is 0 Å². The fourth-order valence-electron chi connectivity index (χ4n) is 3.55. The number of hydrogen-bond acceptors (Lipinski definition) is 6. The third-order valence-corrected chi connectivity index (χ3v) is 5.32. The number of carbonyl (C=O) groups excluding carboxylic acids is 2. The first-order chi connectivity index (χ1) is 15.6. The van der Waals surface area contributed by atoms with Crippen molar-refractivity contribution in [1.82, 2.24) is 5.01 Å². The number of hydrazone groups is 1. The Morgan fingerprint density at radius 3 is 2.41 bits per heavy atom. The molecule has 2 aromatic carbocycles. The van der Waals surface area contributed by atoms with Crippen molar-refractivity contribution in [3.05, 3.63) is 83.8 Å². The van der Waals surface area contributed by atoms with Crippen molar-refractivity contribution in [3.63, 3.8) is 0 Å². The van der Waals surface area contributed by atoms with Crippen LogP contribution in [0, 0.1) is 0 Å². The Bertz CT molecular complexity index is 1100. The number of carbonyl (C=O) groups is 2. The summed E-state index contributed by atoms with van der Waals surface area (Å²) in [6, 6.07) is 17.6. The first-order valence-electron chi connectivity index (χ1n) is 10.4. The largest absolute Gasteiger partial charge is 0.497 e. The second-order valence-electron chi connectivity index (χ2n) is 7.34. The van der Waals surface area contributed by atoms with Crippen LogP contribution in [0.3, 0.4) is 0 Å². The summed E-state index contributed by atoms with van der Waals surface area (Å²) >= 11 is 0. The van der Waals surface area contributed by atoms with Gasteiger partial charge in [0.15, 0.2) is 12.4 Å². The summed E-state index contributed by atoms with van der Waals surface area (Å²) in [5, 5.41) is 6.01. The number of nitrogens with zero attached hydrogens (tertiary/aromatic N) is 2. The molecule has 164 valence electrons. The Hall–Kier alpha value is -3.87. The zero-order chi connectivity index (χ0) is 22.5. The molecular weight excluding hydrogens is 408 g/mol. The first-order valence-corrected chi connectivity index (χ1v) is 10.4. The van der Waals surface area contributed by atoms with Gasteiger partial charge in [0.2, 0.25) is 0 Å². The van der Waals surface area contributed by atoms with Gasteiger partial charge in [-0.3, -0.25) is 9.59 Å². The number of furan rings is 1. The third-order valence-electron chi connectivity index (χ3n) is 5.32. The Balaban J connectivity index is 1.49. The van der Waals surface area contributed by atoms with Gasteiger partial charge in [0, 0.05) is 18.4 Å². The van der Waals surface area contributed by atoms with Crippen LogP contribution in [0.15, 0.2) is 76.4 Å². The molecular formula is C25H24N2O5. The maximum absolute atomic E-state index is 13.0. The Morgan fingerprint density at radius 1 is 1.06 bits per heavy atom. The lowest BCUT2D eigenvalue weighted by Crippen LogP contribution is -2.31. The highest BCUT2D eigenvalue weighted by molar-refractivity contribution is 6.03. The van der Waals surface area contributed by atoms with Gasteiger partial charge < -0.3 is 13.9 Å². The van der Waals surface area contributed by atoms with Crippen LogP contribution in [0.5, 0.6) is 11.5 Å². The predicted molar refractivity (Wildman–Crippen MR) is 119 cm³/mol. The van der Waals surface area contributed by atoms with Crippen molar-refractivity contribution in [1.29, 1.82) is 0 Å². The summed E-state index contributed by atoms with van der Waals surface area (Å²) in [6.07, 6.45) is 2.55. The summed E-state index contributed by atoms with van der Waals surface area (Å²) in [7, 11) is 1.62. The fraction of sp³-hybridized carbons (Fsp3) is 0.240. The van der Waals surface area contributed by atoms with Crippen LogP contribution >= 0.6 is 0 Å². The lowest BCUT2D eigenvalue weighted by Gasteiger charge is -2.20. The van der Waals surface area contributed by atoms with E-state index in [1.807, 2.05) is 37.3 Å². The molecule has 0 N–H and O–H groups in total. The van der Waals surface area contributed by atoms with Gasteiger partial charge in [-0.1, -0.05) is 6.92 Å². The van der Waals surface area contributed by atoms with E-state index in [4.69, 9.17) is 13.9 Å². The Kier molecular flexibility index (Phi) is 6.35. The predicted octanol–water partition coefficient (Wildman–Crippen LogP) is 4.64. The van der Waals surface area contributed by atoms with Gasteiger partial charge in [-0.05, 0) is 66.2 Å². The van der Waals surface area contributed by atoms with E-state index in [0.29, 0.717) is 29.9 Å². The molecule has 0 saturated heterocycles.